The molecule has 0 spiro atoms. The van der Waals surface area contributed by atoms with Crippen LogP contribution in [-0.4, -0.2) is 31.9 Å². The number of carboxylic acids is 1. The van der Waals surface area contributed by atoms with Gasteiger partial charge in [-0.2, -0.15) is 0 Å². The first-order chi connectivity index (χ1) is 13.6. The maximum absolute atomic E-state index is 11.5. The number of nitrogens with zero attached hydrogens (tertiary/aromatic N) is 3. The molecule has 4 rings (SSSR count). The Kier molecular flexibility index (Phi) is 4.51. The number of carbonyl (C=O) groups is 2. The van der Waals surface area contributed by atoms with Gasteiger partial charge >= 0.3 is 5.97 Å². The summed E-state index contributed by atoms with van der Waals surface area (Å²) >= 11 is 0. The minimum absolute atomic E-state index is 0.119. The van der Waals surface area contributed by atoms with Crippen LogP contribution in [-0.2, 0) is 4.79 Å². The summed E-state index contributed by atoms with van der Waals surface area (Å²) in [5.41, 5.74) is 4.72. The van der Waals surface area contributed by atoms with Crippen LogP contribution in [0.3, 0.4) is 0 Å². The van der Waals surface area contributed by atoms with Gasteiger partial charge < -0.3 is 5.11 Å². The Labute approximate surface area is 160 Å². The van der Waals surface area contributed by atoms with Crippen LogP contribution in [0.15, 0.2) is 85.1 Å². The summed E-state index contributed by atoms with van der Waals surface area (Å²) in [5, 5.41) is 17.1. The lowest BCUT2D eigenvalue weighted by molar-refractivity contribution is -0.131. The molecule has 0 unspecified atom stereocenters. The predicted molar refractivity (Wildman–Crippen MR) is 104 cm³/mol. The van der Waals surface area contributed by atoms with Crippen molar-refractivity contribution in [3.8, 4) is 28.1 Å². The SMILES string of the molecule is O=C(O)C(=O)c1ccc(-n2cc(-c3ccc(-c4ccccc4)cc3)nn2)cc1. The molecule has 1 heterocycles. The van der Waals surface area contributed by atoms with Crippen LogP contribution in [0.25, 0.3) is 28.1 Å². The van der Waals surface area contributed by atoms with E-state index in [-0.39, 0.29) is 5.56 Å². The van der Waals surface area contributed by atoms with Crippen LogP contribution in [0.4, 0.5) is 0 Å². The molecule has 4 aromatic rings. The van der Waals surface area contributed by atoms with E-state index in [1.807, 2.05) is 42.5 Å². The molecule has 0 amide bonds. The summed E-state index contributed by atoms with van der Waals surface area (Å²) in [5.74, 6) is -2.42. The number of hydrogen-bond acceptors (Lipinski definition) is 4. The highest BCUT2D eigenvalue weighted by molar-refractivity contribution is 6.39. The topological polar surface area (TPSA) is 85.1 Å². The van der Waals surface area contributed by atoms with Crippen LogP contribution in [0.1, 0.15) is 10.4 Å². The standard InChI is InChI=1S/C22H15N3O3/c26-21(22(27)28)18-10-12-19(13-11-18)25-14-20(23-24-25)17-8-6-16(7-9-17)15-4-2-1-3-5-15/h1-14H,(H,27,28). The van der Waals surface area contributed by atoms with Gasteiger partial charge in [0.25, 0.3) is 5.78 Å². The second-order valence-corrected chi connectivity index (χ2v) is 6.17. The molecular formula is C22H15N3O3. The van der Waals surface area contributed by atoms with E-state index in [2.05, 4.69) is 22.4 Å². The van der Waals surface area contributed by atoms with Gasteiger partial charge in [0, 0.05) is 11.1 Å². The molecule has 0 radical (unpaired) electrons. The molecule has 0 atom stereocenters. The zero-order chi connectivity index (χ0) is 19.5. The van der Waals surface area contributed by atoms with Crippen molar-refractivity contribution in [1.82, 2.24) is 15.0 Å². The van der Waals surface area contributed by atoms with Crippen LogP contribution >= 0.6 is 0 Å². The van der Waals surface area contributed by atoms with Gasteiger partial charge in [-0.1, -0.05) is 59.8 Å². The van der Waals surface area contributed by atoms with E-state index in [1.165, 1.54) is 12.1 Å². The zero-order valence-electron chi connectivity index (χ0n) is 14.7. The summed E-state index contributed by atoms with van der Waals surface area (Å²) in [6.45, 7) is 0. The van der Waals surface area contributed by atoms with Gasteiger partial charge in [0.05, 0.1) is 11.9 Å². The highest BCUT2D eigenvalue weighted by atomic mass is 16.4. The van der Waals surface area contributed by atoms with Crippen molar-refractivity contribution in [2.45, 2.75) is 0 Å². The van der Waals surface area contributed by atoms with Gasteiger partial charge in [0.2, 0.25) is 0 Å². The highest BCUT2D eigenvalue weighted by Crippen LogP contribution is 2.24. The predicted octanol–water partition coefficient (Wildman–Crippen LogP) is 3.87. The minimum Gasteiger partial charge on any atom is -0.475 e. The first-order valence-electron chi connectivity index (χ1n) is 8.58. The van der Waals surface area contributed by atoms with Gasteiger partial charge in [-0.05, 0) is 35.4 Å². The summed E-state index contributed by atoms with van der Waals surface area (Å²) in [4.78, 5) is 22.2. The third kappa shape index (κ3) is 3.43. The van der Waals surface area contributed by atoms with Crippen molar-refractivity contribution >= 4 is 11.8 Å². The van der Waals surface area contributed by atoms with Gasteiger partial charge in [-0.15, -0.1) is 5.10 Å². The number of ketones is 1. The second-order valence-electron chi connectivity index (χ2n) is 6.17. The normalized spacial score (nSPS) is 10.6. The minimum atomic E-state index is -1.48. The molecule has 0 aliphatic carbocycles. The Bertz CT molecular complexity index is 1130. The molecular weight excluding hydrogens is 354 g/mol. The Hall–Kier alpha value is -4.06. The lowest BCUT2D eigenvalue weighted by atomic mass is 10.0. The first-order valence-corrected chi connectivity index (χ1v) is 8.58. The van der Waals surface area contributed by atoms with E-state index in [0.717, 1.165) is 16.7 Å². The van der Waals surface area contributed by atoms with Crippen molar-refractivity contribution in [3.63, 3.8) is 0 Å². The summed E-state index contributed by atoms with van der Waals surface area (Å²) in [6, 6.07) is 24.4. The summed E-state index contributed by atoms with van der Waals surface area (Å²) < 4.78 is 1.58. The van der Waals surface area contributed by atoms with E-state index >= 15 is 0 Å². The van der Waals surface area contributed by atoms with E-state index in [0.29, 0.717) is 11.4 Å². The molecule has 136 valence electrons. The molecule has 0 fully saturated rings. The molecule has 3 aromatic carbocycles. The molecule has 6 nitrogen and oxygen atoms in total. The zero-order valence-corrected chi connectivity index (χ0v) is 14.7. The number of benzene rings is 3. The summed E-state index contributed by atoms with van der Waals surface area (Å²) in [7, 11) is 0. The number of hydrogen-bond donors (Lipinski definition) is 1. The third-order valence-corrected chi connectivity index (χ3v) is 4.37. The van der Waals surface area contributed by atoms with Gasteiger partial charge in [-0.25, -0.2) is 9.48 Å². The number of aromatic nitrogens is 3. The van der Waals surface area contributed by atoms with E-state index < -0.39 is 11.8 Å². The van der Waals surface area contributed by atoms with Crippen LogP contribution in [0, 0.1) is 0 Å². The van der Waals surface area contributed by atoms with Crippen molar-refractivity contribution in [3.05, 3.63) is 90.6 Å². The van der Waals surface area contributed by atoms with Gasteiger partial charge in [-0.3, -0.25) is 4.79 Å². The number of carboxylic acid groups (broad SMARTS) is 1. The number of carbonyl (C=O) groups excluding carboxylic acids is 1. The Morgan fingerprint density at radius 2 is 1.36 bits per heavy atom. The average molecular weight is 369 g/mol. The summed E-state index contributed by atoms with van der Waals surface area (Å²) in [6.07, 6.45) is 1.78. The third-order valence-electron chi connectivity index (χ3n) is 4.37. The van der Waals surface area contributed by atoms with E-state index in [9.17, 15) is 9.59 Å². The smallest absolute Gasteiger partial charge is 0.377 e. The first kappa shape index (κ1) is 17.4. The van der Waals surface area contributed by atoms with Gasteiger partial charge in [0.1, 0.15) is 5.69 Å². The lowest BCUT2D eigenvalue weighted by Crippen LogP contribution is -2.12. The Balaban J connectivity index is 1.56. The fourth-order valence-corrected chi connectivity index (χ4v) is 2.88. The molecule has 28 heavy (non-hydrogen) atoms. The number of rotatable bonds is 5. The van der Waals surface area contributed by atoms with Crippen molar-refractivity contribution in [2.75, 3.05) is 0 Å². The number of aliphatic carboxylic acids is 1. The molecule has 1 N–H and O–H groups in total. The second kappa shape index (κ2) is 7.28. The van der Waals surface area contributed by atoms with Crippen molar-refractivity contribution in [1.29, 1.82) is 0 Å². The maximum Gasteiger partial charge on any atom is 0.377 e. The molecule has 0 bridgehead atoms. The molecule has 0 aliphatic heterocycles. The van der Waals surface area contributed by atoms with Crippen molar-refractivity contribution in [2.24, 2.45) is 0 Å². The van der Waals surface area contributed by atoms with Crippen molar-refractivity contribution < 1.29 is 14.7 Å². The van der Waals surface area contributed by atoms with E-state index in [1.54, 1.807) is 23.0 Å². The Morgan fingerprint density at radius 3 is 2.00 bits per heavy atom. The molecule has 1 aromatic heterocycles. The lowest BCUT2D eigenvalue weighted by Gasteiger charge is -2.03. The van der Waals surface area contributed by atoms with Gasteiger partial charge in [0.15, 0.2) is 0 Å². The molecule has 0 saturated carbocycles. The van der Waals surface area contributed by atoms with E-state index in [4.69, 9.17) is 5.11 Å². The number of Topliss-reactive ketones (excluding diaryl/α,β-unsaturated/α-hetero) is 1. The Morgan fingerprint density at radius 1 is 0.750 bits per heavy atom. The van der Waals surface area contributed by atoms with Crippen LogP contribution < -0.4 is 0 Å². The quantitative estimate of drug-likeness (QED) is 0.426. The maximum atomic E-state index is 11.5. The molecule has 6 heteroatoms. The average Bonchev–Trinajstić information content (AvgIpc) is 3.24. The monoisotopic (exact) mass is 369 g/mol. The largest absolute Gasteiger partial charge is 0.475 e. The fourth-order valence-electron chi connectivity index (χ4n) is 2.88. The van der Waals surface area contributed by atoms with Crippen LogP contribution in [0.2, 0.25) is 0 Å². The van der Waals surface area contributed by atoms with Crippen LogP contribution in [0.5, 0.6) is 0 Å². The molecule has 0 saturated heterocycles. The highest BCUT2D eigenvalue weighted by Gasteiger charge is 2.14. The molecule has 0 aliphatic rings. The fraction of sp³-hybridized carbons (Fsp3) is 0.